The van der Waals surface area contributed by atoms with Crippen molar-refractivity contribution in [1.29, 1.82) is 0 Å². The predicted molar refractivity (Wildman–Crippen MR) is 561 cm³/mol. The van der Waals surface area contributed by atoms with Crippen molar-refractivity contribution in [2.24, 2.45) is 99.1 Å². The van der Waals surface area contributed by atoms with E-state index in [0.29, 0.717) is 79.6 Å². The molecule has 2 heterocycles. The molecule has 14 fully saturated rings. The molecule has 0 spiro atoms. The lowest BCUT2D eigenvalue weighted by atomic mass is 9.47. The number of carbonyl (C=O) groups excluding carboxylic acids is 8. The molecule has 34 heteroatoms. The SMILES string of the molecule is C=C(C)C(=O)OC1(C(C)C)C2CC3CC(C2)CC1C3.C=C(C)C(=O)OCC(=O)OC1C2CC3C1OS(=O)(=O)C3C2.C=C(C)C(=O)OCCS(=O)(=O)[O-].CCC(C)(C)C(=O)OC1(C(C)C)C2CC3CC(C2)CC1C3.CCC(C)(C)C(=O)OCC(=O)OC1C2CC3C1OS(=O)(=O)C3C2.CCC(C)(C)C(=O)OCCS(=O)(=O)[O-].c1ccc([S+](c2ccccc2)c2ccccc2)cc1.c1ccc([S+](c2ccccc2)c2ccccc2)cc1. The van der Waals surface area contributed by atoms with Crippen molar-refractivity contribution in [2.45, 2.75) is 295 Å². The van der Waals surface area contributed by atoms with Crippen LogP contribution in [-0.4, -0.2) is 175 Å². The molecule has 10 atom stereocenters. The van der Waals surface area contributed by atoms with Crippen molar-refractivity contribution >= 4 is 110 Å². The molecule has 0 aromatic heterocycles. The van der Waals surface area contributed by atoms with Gasteiger partial charge in [0.05, 0.1) is 80.3 Å². The van der Waals surface area contributed by atoms with Crippen LogP contribution in [0.3, 0.4) is 0 Å². The molecule has 12 aliphatic carbocycles. The van der Waals surface area contributed by atoms with Gasteiger partial charge in [-0.15, -0.1) is 0 Å². The largest absolute Gasteiger partial charge is 0.748 e. The Kier molecular flexibility index (Phi) is 40.9. The normalized spacial score (nSPS) is 27.4. The fraction of sp³-hybridized carbons (Fsp3) is 0.561. The lowest BCUT2D eigenvalue weighted by molar-refractivity contribution is -0.231. The zero-order valence-corrected chi connectivity index (χ0v) is 93.0. The lowest BCUT2D eigenvalue weighted by Crippen LogP contribution is -2.63. The van der Waals surface area contributed by atoms with Crippen molar-refractivity contribution in [2.75, 3.05) is 37.9 Å². The number of ether oxygens (including phenoxy) is 8. The van der Waals surface area contributed by atoms with Crippen LogP contribution in [0, 0.1) is 99.1 Å². The van der Waals surface area contributed by atoms with Gasteiger partial charge in [-0.2, -0.15) is 16.8 Å². The first-order valence-corrected chi connectivity index (χ1v) is 60.1. The van der Waals surface area contributed by atoms with Gasteiger partial charge >= 0.3 is 47.8 Å². The molecule has 0 amide bonds. The van der Waals surface area contributed by atoms with Crippen LogP contribution in [0.25, 0.3) is 0 Å². The molecule has 148 heavy (non-hydrogen) atoms. The molecule has 810 valence electrons. The highest BCUT2D eigenvalue weighted by Crippen LogP contribution is 2.65. The maximum absolute atomic E-state index is 12.8. The van der Waals surface area contributed by atoms with E-state index in [1.165, 1.54) is 107 Å². The van der Waals surface area contributed by atoms with E-state index in [2.05, 4.69) is 246 Å². The van der Waals surface area contributed by atoms with Crippen LogP contribution < -0.4 is 0 Å². The van der Waals surface area contributed by atoms with Gasteiger partial charge in [0.25, 0.3) is 20.2 Å². The molecule has 6 aromatic carbocycles. The van der Waals surface area contributed by atoms with Crippen LogP contribution in [0.1, 0.15) is 220 Å². The van der Waals surface area contributed by atoms with Crippen molar-refractivity contribution in [3.63, 3.8) is 0 Å². The number of carbonyl (C=O) groups is 8. The average molecular weight is 2160 g/mol. The summed E-state index contributed by atoms with van der Waals surface area (Å²) in [5, 5.41) is -0.903. The van der Waals surface area contributed by atoms with Crippen molar-refractivity contribution in [3.05, 3.63) is 218 Å². The smallest absolute Gasteiger partial charge is 0.344 e. The lowest BCUT2D eigenvalue weighted by Gasteiger charge is -2.62. The Hall–Kier alpha value is -9.36. The summed E-state index contributed by atoms with van der Waals surface area (Å²) in [6.07, 6.45) is 15.2. The van der Waals surface area contributed by atoms with Crippen LogP contribution in [0.4, 0.5) is 0 Å². The maximum atomic E-state index is 12.8. The number of esters is 8. The summed E-state index contributed by atoms with van der Waals surface area (Å²) in [6, 6.07) is 64.3. The van der Waals surface area contributed by atoms with E-state index in [-0.39, 0.29) is 91.8 Å². The summed E-state index contributed by atoms with van der Waals surface area (Å²) >= 11 is 0. The van der Waals surface area contributed by atoms with Gasteiger partial charge in [0.15, 0.2) is 42.6 Å². The van der Waals surface area contributed by atoms with E-state index in [9.17, 15) is 81.1 Å². The first-order valence-electron chi connectivity index (χ1n) is 51.6. The zero-order valence-electron chi connectivity index (χ0n) is 88.1. The fourth-order valence-corrected chi connectivity index (χ4v) is 31.8. The van der Waals surface area contributed by atoms with Crippen LogP contribution in [-0.2, 0) is 147 Å². The minimum absolute atomic E-state index is 0.00284. The average Bonchev–Trinajstić information content (AvgIpc) is 1.66. The van der Waals surface area contributed by atoms with E-state index in [4.69, 9.17) is 36.8 Å². The monoisotopic (exact) mass is 2160 g/mol. The quantitative estimate of drug-likeness (QED) is 0.00974. The Bertz CT molecular complexity index is 5700. The topological polar surface area (TPSA) is 412 Å². The summed E-state index contributed by atoms with van der Waals surface area (Å²) in [5.74, 6) is 1.56. The third-order valence-electron chi connectivity index (χ3n) is 31.5. The number of rotatable bonds is 31. The third-order valence-corrected chi connectivity index (χ3v) is 40.9. The Labute approximate surface area is 882 Å². The first-order chi connectivity index (χ1) is 69.6. The molecule has 2 aliphatic heterocycles. The summed E-state index contributed by atoms with van der Waals surface area (Å²) in [6.45, 7) is 39.0. The molecule has 0 N–H and O–H groups in total. The van der Waals surface area contributed by atoms with Gasteiger partial charge in [-0.1, -0.05) is 177 Å². The number of hydrogen-bond donors (Lipinski definition) is 0. The molecule has 0 radical (unpaired) electrons. The molecule has 28 nitrogen and oxygen atoms in total. The Morgan fingerprint density at radius 3 is 0.919 bits per heavy atom. The molecule has 20 rings (SSSR count). The molecular formula is C114H150O28S6. The van der Waals surface area contributed by atoms with Crippen molar-refractivity contribution in [1.82, 2.24) is 0 Å². The molecule has 6 aromatic rings. The first kappa shape index (κ1) is 119. The summed E-state index contributed by atoms with van der Waals surface area (Å²) in [5.41, 5.74) is -1.12. The van der Waals surface area contributed by atoms with Gasteiger partial charge in [-0.05, 0) is 303 Å². The van der Waals surface area contributed by atoms with Crippen molar-refractivity contribution in [3.8, 4) is 0 Å². The number of fused-ring (bicyclic) bond motifs is 2. The van der Waals surface area contributed by atoms with Crippen LogP contribution in [0.2, 0.25) is 0 Å². The summed E-state index contributed by atoms with van der Waals surface area (Å²) < 4.78 is 160. The highest BCUT2D eigenvalue weighted by molar-refractivity contribution is 7.97. The molecule has 14 aliphatic rings. The van der Waals surface area contributed by atoms with E-state index >= 15 is 0 Å². The van der Waals surface area contributed by atoms with E-state index in [1.54, 1.807) is 34.6 Å². The second kappa shape index (κ2) is 50.9. The number of benzene rings is 6. The zero-order chi connectivity index (χ0) is 109. The Morgan fingerprint density at radius 2 is 0.642 bits per heavy atom. The maximum Gasteiger partial charge on any atom is 0.344 e. The highest BCUT2D eigenvalue weighted by Gasteiger charge is 2.68. The van der Waals surface area contributed by atoms with Crippen molar-refractivity contribution < 1.29 is 127 Å². The Morgan fingerprint density at radius 1 is 0.378 bits per heavy atom. The summed E-state index contributed by atoms with van der Waals surface area (Å²) in [4.78, 5) is 102. The van der Waals surface area contributed by atoms with Crippen LogP contribution in [0.5, 0.6) is 0 Å². The van der Waals surface area contributed by atoms with Crippen LogP contribution in [0.15, 0.2) is 248 Å². The highest BCUT2D eigenvalue weighted by atomic mass is 32.2. The second-order valence-corrected chi connectivity index (χ2v) is 54.4. The van der Waals surface area contributed by atoms with Gasteiger partial charge in [-0.25, -0.2) is 40.8 Å². The molecule has 2 saturated heterocycles. The van der Waals surface area contributed by atoms with Gasteiger partial charge in [0.1, 0.15) is 48.8 Å². The fourth-order valence-electron chi connectivity index (χ4n) is 23.3. The number of hydrogen-bond acceptors (Lipinski definition) is 28. The Balaban J connectivity index is 0.000000162. The molecule has 12 bridgehead atoms. The molecular weight excluding hydrogens is 2010 g/mol. The minimum Gasteiger partial charge on any atom is -0.748 e. The van der Waals surface area contributed by atoms with Gasteiger partial charge < -0.3 is 47.0 Å². The predicted octanol–water partition coefficient (Wildman–Crippen LogP) is 19.7. The van der Waals surface area contributed by atoms with E-state index < -0.39 is 153 Å². The summed E-state index contributed by atoms with van der Waals surface area (Å²) in [7, 11) is -15.7. The van der Waals surface area contributed by atoms with E-state index in [1.807, 2.05) is 27.7 Å². The van der Waals surface area contributed by atoms with Gasteiger partial charge in [0.2, 0.25) is 0 Å². The molecule has 12 saturated carbocycles. The van der Waals surface area contributed by atoms with Gasteiger partial charge in [0, 0.05) is 40.4 Å². The standard InChI is InChI=1S/C19H32O2.2C18H15S.C17H26O2.C15H22O7S.C13H16O7S.C8H16O5S.C6H10O5S/c1-6-18(4,5)17(20)21-19(12(2)3)15-8-13-7-14(10-15)11-16(19)9-13;2*1-4-10-16(11-5-1)19(17-12-6-2-7-13-17)18-14-8-3-9-15-18;1-10(2)16(18)19-17(11(3)4)14-6-12-5-13(8-14)9-15(17)7-12;1-4-15(2,3)14(17)20-7-11(16)21-12-8-5-9-10(6-8)23(18,19)22-13(9)12;1-6(2)13(15)18-5-10(14)19-11-7-3-8-9(4-7)21(16,17)20-12(8)11;1-4-8(2,3)7(9)13-5-6-14(10,11)12;1-5(2)6(7)11-3-4-12(8,9)10/h12-16H,6-11H2,1-5H3;2*1-15H;11-15H,1,5-9H2,2-4H3;8-10,12-13H,4-7H2,1-3H3;7-9,11-12H,1,3-5H2,2H3;4-6H2,1-3H3,(H,10,11,12);1,3-4H2,2H3,(H,8,9,10)/q;2*+1;;;;;/p-2. The minimum atomic E-state index is -4.30. The van der Waals surface area contributed by atoms with E-state index in [0.717, 1.165) is 30.1 Å². The second-order valence-electron chi connectivity index (χ2n) is 43.8. The third kappa shape index (κ3) is 30.0. The van der Waals surface area contributed by atoms with Gasteiger partial charge in [-0.3, -0.25) is 22.7 Å². The molecule has 10 unspecified atom stereocenters. The van der Waals surface area contributed by atoms with Crippen LogP contribution >= 0.6 is 0 Å².